The molecule has 0 amide bonds. The smallest absolute Gasteiger partial charge is 0.264 e. The quantitative estimate of drug-likeness (QED) is 0.779. The summed E-state index contributed by atoms with van der Waals surface area (Å²) < 4.78 is 30.0. The molecule has 1 aromatic rings. The summed E-state index contributed by atoms with van der Waals surface area (Å²) in [5.41, 5.74) is 4.68. The summed E-state index contributed by atoms with van der Waals surface area (Å²) in [5, 5.41) is 0. The summed E-state index contributed by atoms with van der Waals surface area (Å²) in [4.78, 5) is 11.4. The van der Waals surface area contributed by atoms with Gasteiger partial charge in [-0.1, -0.05) is 12.1 Å². The van der Waals surface area contributed by atoms with E-state index >= 15 is 0 Å². The molecule has 15 heavy (non-hydrogen) atoms. The maximum atomic E-state index is 12.6. The highest BCUT2D eigenvalue weighted by Crippen LogP contribution is 2.29. The SMILES string of the molecule is COc1cccc(C(F)F)c1C(=O)CN. The fraction of sp³-hybridized carbons (Fsp3) is 0.300. The van der Waals surface area contributed by atoms with Crippen LogP contribution in [0.3, 0.4) is 0 Å². The van der Waals surface area contributed by atoms with Gasteiger partial charge < -0.3 is 10.5 Å². The van der Waals surface area contributed by atoms with E-state index in [1.54, 1.807) is 0 Å². The Labute approximate surface area is 85.8 Å². The number of alkyl halides is 2. The van der Waals surface area contributed by atoms with E-state index in [2.05, 4.69) is 0 Å². The van der Waals surface area contributed by atoms with Crippen LogP contribution in [0.1, 0.15) is 22.3 Å². The first kappa shape index (κ1) is 11.6. The molecule has 0 aliphatic heterocycles. The molecule has 0 unspecified atom stereocenters. The highest BCUT2D eigenvalue weighted by atomic mass is 19.3. The number of ether oxygens (including phenoxy) is 1. The third-order valence-electron chi connectivity index (χ3n) is 1.98. The largest absolute Gasteiger partial charge is 0.496 e. The van der Waals surface area contributed by atoms with Gasteiger partial charge in [0.2, 0.25) is 0 Å². The van der Waals surface area contributed by atoms with Crippen LogP contribution in [-0.4, -0.2) is 19.4 Å². The minimum atomic E-state index is -2.72. The summed E-state index contributed by atoms with van der Waals surface area (Å²) in [6.07, 6.45) is -2.72. The van der Waals surface area contributed by atoms with E-state index in [-0.39, 0.29) is 23.4 Å². The van der Waals surface area contributed by atoms with Gasteiger partial charge in [-0.25, -0.2) is 8.78 Å². The highest BCUT2D eigenvalue weighted by molar-refractivity contribution is 6.01. The predicted molar refractivity (Wildman–Crippen MR) is 51.3 cm³/mol. The Hall–Kier alpha value is -1.49. The Morgan fingerprint density at radius 2 is 2.20 bits per heavy atom. The van der Waals surface area contributed by atoms with E-state index in [1.165, 1.54) is 25.3 Å². The molecular formula is C10H11F2NO2. The minimum Gasteiger partial charge on any atom is -0.496 e. The van der Waals surface area contributed by atoms with E-state index < -0.39 is 12.2 Å². The minimum absolute atomic E-state index is 0.127. The Morgan fingerprint density at radius 3 is 2.67 bits per heavy atom. The average molecular weight is 215 g/mol. The summed E-state index contributed by atoms with van der Waals surface area (Å²) in [6.45, 7) is -0.319. The Morgan fingerprint density at radius 1 is 1.53 bits per heavy atom. The monoisotopic (exact) mass is 215 g/mol. The van der Waals surface area contributed by atoms with Gasteiger partial charge in [-0.15, -0.1) is 0 Å². The zero-order chi connectivity index (χ0) is 11.4. The molecule has 0 radical (unpaired) electrons. The number of carbonyl (C=O) groups excluding carboxylic acids is 1. The number of halogens is 2. The van der Waals surface area contributed by atoms with E-state index in [1.807, 2.05) is 0 Å². The third kappa shape index (κ3) is 2.30. The molecule has 0 saturated carbocycles. The number of rotatable bonds is 4. The van der Waals surface area contributed by atoms with Crippen molar-refractivity contribution in [1.82, 2.24) is 0 Å². The molecule has 82 valence electrons. The summed E-state index contributed by atoms with van der Waals surface area (Å²) in [5.74, 6) is -0.425. The number of methoxy groups -OCH3 is 1. The van der Waals surface area contributed by atoms with Crippen molar-refractivity contribution in [3.8, 4) is 5.75 Å². The van der Waals surface area contributed by atoms with Crippen molar-refractivity contribution in [1.29, 1.82) is 0 Å². The Bertz CT molecular complexity index is 366. The van der Waals surface area contributed by atoms with Crippen LogP contribution < -0.4 is 10.5 Å². The van der Waals surface area contributed by atoms with Crippen molar-refractivity contribution < 1.29 is 18.3 Å². The fourth-order valence-electron chi connectivity index (χ4n) is 1.30. The van der Waals surface area contributed by atoms with Crippen LogP contribution in [0.4, 0.5) is 8.78 Å². The second kappa shape index (κ2) is 4.84. The predicted octanol–water partition coefficient (Wildman–Crippen LogP) is 1.77. The second-order valence-electron chi connectivity index (χ2n) is 2.85. The van der Waals surface area contributed by atoms with Gasteiger partial charge in [-0.2, -0.15) is 0 Å². The van der Waals surface area contributed by atoms with E-state index in [0.717, 1.165) is 0 Å². The van der Waals surface area contributed by atoms with E-state index in [0.29, 0.717) is 0 Å². The van der Waals surface area contributed by atoms with Crippen molar-refractivity contribution in [2.75, 3.05) is 13.7 Å². The second-order valence-corrected chi connectivity index (χ2v) is 2.85. The van der Waals surface area contributed by atoms with Crippen molar-refractivity contribution in [2.45, 2.75) is 6.43 Å². The normalized spacial score (nSPS) is 10.5. The zero-order valence-electron chi connectivity index (χ0n) is 8.17. The van der Waals surface area contributed by atoms with Gasteiger partial charge >= 0.3 is 0 Å². The Balaban J connectivity index is 3.33. The number of Topliss-reactive ketones (excluding diaryl/α,β-unsaturated/α-hetero) is 1. The number of benzene rings is 1. The van der Waals surface area contributed by atoms with Crippen molar-refractivity contribution in [2.24, 2.45) is 5.73 Å². The lowest BCUT2D eigenvalue weighted by atomic mass is 10.0. The Kier molecular flexibility index (Phi) is 3.74. The van der Waals surface area contributed by atoms with Gasteiger partial charge in [0.15, 0.2) is 5.78 Å². The molecule has 0 aliphatic carbocycles. The lowest BCUT2D eigenvalue weighted by Gasteiger charge is -2.11. The summed E-state index contributed by atoms with van der Waals surface area (Å²) in [7, 11) is 1.32. The molecule has 0 aliphatic rings. The first-order chi connectivity index (χ1) is 7.11. The standard InChI is InChI=1S/C10H11F2NO2/c1-15-8-4-2-3-6(10(11)12)9(8)7(14)5-13/h2-4,10H,5,13H2,1H3. The van der Waals surface area contributed by atoms with Crippen LogP contribution in [-0.2, 0) is 0 Å². The van der Waals surface area contributed by atoms with Crippen LogP contribution in [0.2, 0.25) is 0 Å². The third-order valence-corrected chi connectivity index (χ3v) is 1.98. The first-order valence-electron chi connectivity index (χ1n) is 4.30. The van der Waals surface area contributed by atoms with E-state index in [9.17, 15) is 13.6 Å². The lowest BCUT2D eigenvalue weighted by Crippen LogP contribution is -2.16. The summed E-state index contributed by atoms with van der Waals surface area (Å²) in [6, 6.07) is 4.05. The van der Waals surface area contributed by atoms with Crippen LogP contribution in [0.25, 0.3) is 0 Å². The molecule has 0 bridgehead atoms. The zero-order valence-corrected chi connectivity index (χ0v) is 8.17. The summed E-state index contributed by atoms with van der Waals surface area (Å²) >= 11 is 0. The van der Waals surface area contributed by atoms with Gasteiger partial charge in [0.05, 0.1) is 19.2 Å². The number of carbonyl (C=O) groups is 1. The fourth-order valence-corrected chi connectivity index (χ4v) is 1.30. The molecule has 3 nitrogen and oxygen atoms in total. The maximum Gasteiger partial charge on any atom is 0.264 e. The molecule has 1 aromatic carbocycles. The molecule has 0 spiro atoms. The average Bonchev–Trinajstić information content (AvgIpc) is 2.26. The molecule has 5 heteroatoms. The van der Waals surface area contributed by atoms with Gasteiger partial charge in [-0.3, -0.25) is 4.79 Å². The maximum absolute atomic E-state index is 12.6. The van der Waals surface area contributed by atoms with Gasteiger partial charge in [0, 0.05) is 5.56 Å². The van der Waals surface area contributed by atoms with Crippen molar-refractivity contribution in [3.63, 3.8) is 0 Å². The van der Waals surface area contributed by atoms with Crippen LogP contribution in [0.15, 0.2) is 18.2 Å². The molecule has 0 saturated heterocycles. The topological polar surface area (TPSA) is 52.3 Å². The molecule has 0 heterocycles. The van der Waals surface area contributed by atoms with Crippen molar-refractivity contribution >= 4 is 5.78 Å². The van der Waals surface area contributed by atoms with E-state index in [4.69, 9.17) is 10.5 Å². The molecule has 0 aromatic heterocycles. The molecule has 2 N–H and O–H groups in total. The van der Waals surface area contributed by atoms with Gasteiger partial charge in [0.25, 0.3) is 6.43 Å². The van der Waals surface area contributed by atoms with Gasteiger partial charge in [-0.05, 0) is 6.07 Å². The van der Waals surface area contributed by atoms with Crippen LogP contribution in [0, 0.1) is 0 Å². The first-order valence-corrected chi connectivity index (χ1v) is 4.30. The number of hydrogen-bond donors (Lipinski definition) is 1. The molecule has 0 fully saturated rings. The highest BCUT2D eigenvalue weighted by Gasteiger charge is 2.21. The van der Waals surface area contributed by atoms with Crippen molar-refractivity contribution in [3.05, 3.63) is 29.3 Å². The number of hydrogen-bond acceptors (Lipinski definition) is 3. The molecular weight excluding hydrogens is 204 g/mol. The number of ketones is 1. The van der Waals surface area contributed by atoms with Crippen LogP contribution in [0.5, 0.6) is 5.75 Å². The molecule has 0 atom stereocenters. The van der Waals surface area contributed by atoms with Crippen LogP contribution >= 0.6 is 0 Å². The number of nitrogens with two attached hydrogens (primary N) is 1. The molecule has 1 rings (SSSR count). The van der Waals surface area contributed by atoms with Gasteiger partial charge in [0.1, 0.15) is 5.75 Å². The lowest BCUT2D eigenvalue weighted by molar-refractivity contribution is 0.0983.